The van der Waals surface area contributed by atoms with Crippen molar-refractivity contribution in [3.8, 4) is 6.07 Å². The summed E-state index contributed by atoms with van der Waals surface area (Å²) in [5.74, 6) is 0. The summed E-state index contributed by atoms with van der Waals surface area (Å²) in [4.78, 5) is 0. The highest BCUT2D eigenvalue weighted by Gasteiger charge is 2.13. The molecule has 5 heteroatoms. The minimum Gasteiger partial charge on any atom is -0.376 e. The van der Waals surface area contributed by atoms with Crippen LogP contribution < -0.4 is 5.32 Å². The third-order valence-electron chi connectivity index (χ3n) is 3.27. The summed E-state index contributed by atoms with van der Waals surface area (Å²) in [6.45, 7) is 3.30. The molecule has 0 spiro atoms. The van der Waals surface area contributed by atoms with Gasteiger partial charge in [0.15, 0.2) is 0 Å². The first-order valence-corrected chi connectivity index (χ1v) is 7.30. The Balaban J connectivity index is 1.70. The van der Waals surface area contributed by atoms with Gasteiger partial charge in [0.1, 0.15) is 16.6 Å². The van der Waals surface area contributed by atoms with Gasteiger partial charge < -0.3 is 10.1 Å². The molecule has 1 N–H and O–H groups in total. The van der Waals surface area contributed by atoms with Crippen molar-refractivity contribution in [2.24, 2.45) is 0 Å². The first-order valence-electron chi connectivity index (χ1n) is 6.53. The number of aryl methyl sites for hydroxylation is 1. The lowest BCUT2D eigenvalue weighted by molar-refractivity contribution is 0.0348. The molecule has 0 aromatic carbocycles. The molecule has 0 saturated heterocycles. The Morgan fingerprint density at radius 3 is 2.94 bits per heavy atom. The number of nitrogens with zero attached hydrogens (tertiary/aromatic N) is 2. The molecule has 0 aliphatic heterocycles. The van der Waals surface area contributed by atoms with Crippen molar-refractivity contribution in [1.82, 2.24) is 4.37 Å². The zero-order valence-electron chi connectivity index (χ0n) is 10.7. The van der Waals surface area contributed by atoms with Crippen LogP contribution in [-0.4, -0.2) is 23.6 Å². The van der Waals surface area contributed by atoms with Crippen LogP contribution in [-0.2, 0) is 4.74 Å². The first kappa shape index (κ1) is 13.3. The second-order valence-electron chi connectivity index (χ2n) is 4.64. The van der Waals surface area contributed by atoms with Gasteiger partial charge in [-0.1, -0.05) is 19.3 Å². The van der Waals surface area contributed by atoms with E-state index < -0.39 is 0 Å². The van der Waals surface area contributed by atoms with Crippen LogP contribution in [0.15, 0.2) is 0 Å². The monoisotopic (exact) mass is 265 g/mol. The molecule has 0 atom stereocenters. The van der Waals surface area contributed by atoms with E-state index in [2.05, 4.69) is 15.8 Å². The van der Waals surface area contributed by atoms with Crippen LogP contribution in [0.2, 0.25) is 0 Å². The van der Waals surface area contributed by atoms with E-state index in [9.17, 15) is 0 Å². The molecule has 2 rings (SSSR count). The smallest absolute Gasteiger partial charge is 0.127 e. The highest BCUT2D eigenvalue weighted by molar-refractivity contribution is 7.10. The maximum Gasteiger partial charge on any atom is 0.127 e. The molecular formula is C13H19N3OS. The lowest BCUT2D eigenvalue weighted by atomic mass is 9.98. The van der Waals surface area contributed by atoms with E-state index in [0.29, 0.717) is 18.3 Å². The zero-order valence-corrected chi connectivity index (χ0v) is 11.6. The molecule has 98 valence electrons. The Kier molecular flexibility index (Phi) is 4.97. The predicted octanol–water partition coefficient (Wildman–Crippen LogP) is 3.08. The van der Waals surface area contributed by atoms with Crippen molar-refractivity contribution >= 4 is 16.5 Å². The van der Waals surface area contributed by atoms with E-state index in [1.165, 1.54) is 43.6 Å². The van der Waals surface area contributed by atoms with Crippen molar-refractivity contribution in [3.63, 3.8) is 0 Å². The van der Waals surface area contributed by atoms with Crippen molar-refractivity contribution in [1.29, 1.82) is 5.26 Å². The van der Waals surface area contributed by atoms with Crippen molar-refractivity contribution in [3.05, 3.63) is 11.3 Å². The van der Waals surface area contributed by atoms with Gasteiger partial charge in [0.2, 0.25) is 0 Å². The Bertz CT molecular complexity index is 418. The Labute approximate surface area is 112 Å². The molecule has 1 aromatic heterocycles. The van der Waals surface area contributed by atoms with Crippen LogP contribution >= 0.6 is 11.5 Å². The van der Waals surface area contributed by atoms with Gasteiger partial charge in [-0.05, 0) is 31.3 Å². The number of aromatic nitrogens is 1. The number of nitrogens with one attached hydrogen (secondary N) is 1. The third-order valence-corrected chi connectivity index (χ3v) is 4.16. The van der Waals surface area contributed by atoms with E-state index in [4.69, 9.17) is 10.00 Å². The summed E-state index contributed by atoms with van der Waals surface area (Å²) in [5.41, 5.74) is 1.47. The summed E-state index contributed by atoms with van der Waals surface area (Å²) in [7, 11) is 0. The number of hydrogen-bond donors (Lipinski definition) is 1. The fourth-order valence-electron chi connectivity index (χ4n) is 2.24. The number of hydrogen-bond acceptors (Lipinski definition) is 5. The van der Waals surface area contributed by atoms with E-state index in [1.54, 1.807) is 0 Å². The van der Waals surface area contributed by atoms with Gasteiger partial charge in [-0.15, -0.1) is 0 Å². The van der Waals surface area contributed by atoms with Crippen LogP contribution in [0.1, 0.15) is 43.4 Å². The SMILES string of the molecule is Cc1nsc(NCCOC2CCCCC2)c1C#N. The number of anilines is 1. The minimum absolute atomic E-state index is 0.444. The topological polar surface area (TPSA) is 57.9 Å². The molecule has 1 fully saturated rings. The molecule has 1 heterocycles. The van der Waals surface area contributed by atoms with E-state index >= 15 is 0 Å². The summed E-state index contributed by atoms with van der Waals surface area (Å²) in [6.07, 6.45) is 6.78. The molecule has 1 aromatic rings. The van der Waals surface area contributed by atoms with Crippen molar-refractivity contribution in [2.45, 2.75) is 45.1 Å². The fourth-order valence-corrected chi connectivity index (χ4v) is 3.01. The molecule has 0 unspecified atom stereocenters. The third kappa shape index (κ3) is 3.44. The summed E-state index contributed by atoms with van der Waals surface area (Å²) < 4.78 is 10.00. The summed E-state index contributed by atoms with van der Waals surface area (Å²) in [5, 5.41) is 13.1. The van der Waals surface area contributed by atoms with Gasteiger partial charge >= 0.3 is 0 Å². The van der Waals surface area contributed by atoms with Crippen LogP contribution in [0.4, 0.5) is 5.00 Å². The minimum atomic E-state index is 0.444. The molecule has 0 amide bonds. The summed E-state index contributed by atoms with van der Waals surface area (Å²) >= 11 is 1.35. The van der Waals surface area contributed by atoms with Crippen molar-refractivity contribution in [2.75, 3.05) is 18.5 Å². The van der Waals surface area contributed by atoms with Crippen LogP contribution in [0, 0.1) is 18.3 Å². The van der Waals surface area contributed by atoms with Gasteiger partial charge in [0, 0.05) is 6.54 Å². The van der Waals surface area contributed by atoms with Gasteiger partial charge in [-0.2, -0.15) is 9.64 Å². The maximum atomic E-state index is 8.99. The lowest BCUT2D eigenvalue weighted by Crippen LogP contribution is -2.20. The van der Waals surface area contributed by atoms with E-state index in [-0.39, 0.29) is 0 Å². The van der Waals surface area contributed by atoms with Crippen LogP contribution in [0.25, 0.3) is 0 Å². The molecule has 0 bridgehead atoms. The Hall–Kier alpha value is -1.12. The Morgan fingerprint density at radius 2 is 2.22 bits per heavy atom. The largest absolute Gasteiger partial charge is 0.376 e. The molecule has 1 aliphatic carbocycles. The van der Waals surface area contributed by atoms with Crippen LogP contribution in [0.3, 0.4) is 0 Å². The fraction of sp³-hybridized carbons (Fsp3) is 0.692. The Morgan fingerprint density at radius 1 is 1.44 bits per heavy atom. The van der Waals surface area contributed by atoms with Gasteiger partial charge in [-0.3, -0.25) is 0 Å². The van der Waals surface area contributed by atoms with Gasteiger partial charge in [0.25, 0.3) is 0 Å². The number of rotatable bonds is 5. The predicted molar refractivity (Wildman–Crippen MR) is 72.9 cm³/mol. The standard InChI is InChI=1S/C13H19N3OS/c1-10-12(9-14)13(18-16-10)15-7-8-17-11-5-3-2-4-6-11/h11,15H,2-8H2,1H3. The van der Waals surface area contributed by atoms with Gasteiger partial charge in [0.05, 0.1) is 18.4 Å². The highest BCUT2D eigenvalue weighted by atomic mass is 32.1. The molecule has 0 radical (unpaired) electrons. The van der Waals surface area contributed by atoms with E-state index in [1.807, 2.05) is 6.92 Å². The first-order chi connectivity index (χ1) is 8.81. The average Bonchev–Trinajstić information content (AvgIpc) is 2.76. The number of ether oxygens (including phenoxy) is 1. The van der Waals surface area contributed by atoms with Crippen molar-refractivity contribution < 1.29 is 4.74 Å². The molecule has 4 nitrogen and oxygen atoms in total. The molecule has 18 heavy (non-hydrogen) atoms. The second kappa shape index (κ2) is 6.72. The van der Waals surface area contributed by atoms with Crippen LogP contribution in [0.5, 0.6) is 0 Å². The van der Waals surface area contributed by atoms with Gasteiger partial charge in [-0.25, -0.2) is 0 Å². The maximum absolute atomic E-state index is 8.99. The molecule has 1 saturated carbocycles. The average molecular weight is 265 g/mol. The number of nitriles is 1. The lowest BCUT2D eigenvalue weighted by Gasteiger charge is -2.22. The summed E-state index contributed by atoms with van der Waals surface area (Å²) in [6, 6.07) is 2.18. The molecular weight excluding hydrogens is 246 g/mol. The zero-order chi connectivity index (χ0) is 12.8. The second-order valence-corrected chi connectivity index (χ2v) is 5.41. The normalized spacial score (nSPS) is 16.4. The van der Waals surface area contributed by atoms with E-state index in [0.717, 1.165) is 17.2 Å². The quantitative estimate of drug-likeness (QED) is 0.831. The molecule has 1 aliphatic rings. The highest BCUT2D eigenvalue weighted by Crippen LogP contribution is 2.23.